The largest absolute Gasteiger partial charge is 0.0998 e. The Bertz CT molecular complexity index is 681. The number of halogens is 1. The van der Waals surface area contributed by atoms with Gasteiger partial charge in [-0.1, -0.05) is 74.0 Å². The molecule has 0 nitrogen and oxygen atoms in total. The molecule has 1 heteroatoms. The van der Waals surface area contributed by atoms with Gasteiger partial charge in [0.15, 0.2) is 0 Å². The molecule has 1 aliphatic rings. The molecule has 0 radical (unpaired) electrons. The molecule has 2 unspecified atom stereocenters. The fourth-order valence-corrected chi connectivity index (χ4v) is 4.33. The van der Waals surface area contributed by atoms with Gasteiger partial charge >= 0.3 is 0 Å². The molecule has 0 amide bonds. The molecular formula is C22H25Cl. The summed E-state index contributed by atoms with van der Waals surface area (Å²) in [5, 5.41) is 0.782. The minimum absolute atomic E-state index is 0.271. The van der Waals surface area contributed by atoms with Crippen LogP contribution < -0.4 is 0 Å². The van der Waals surface area contributed by atoms with E-state index in [-0.39, 0.29) is 5.41 Å². The van der Waals surface area contributed by atoms with E-state index in [4.69, 9.17) is 11.6 Å². The van der Waals surface area contributed by atoms with Gasteiger partial charge in [0, 0.05) is 5.02 Å². The summed E-state index contributed by atoms with van der Waals surface area (Å²) in [6.07, 6.45) is 4.76. The highest BCUT2D eigenvalue weighted by molar-refractivity contribution is 6.30. The van der Waals surface area contributed by atoms with E-state index in [1.807, 2.05) is 12.1 Å². The quantitative estimate of drug-likeness (QED) is 0.531. The lowest BCUT2D eigenvalue weighted by Crippen LogP contribution is -2.32. The first kappa shape index (κ1) is 16.3. The first-order chi connectivity index (χ1) is 11.0. The van der Waals surface area contributed by atoms with Crippen LogP contribution in [0.5, 0.6) is 0 Å². The Hall–Kier alpha value is -1.53. The predicted octanol–water partition coefficient (Wildman–Crippen LogP) is 7.03. The second kappa shape index (κ2) is 6.53. The fraction of sp³-hybridized carbons (Fsp3) is 0.364. The van der Waals surface area contributed by atoms with Crippen molar-refractivity contribution in [2.45, 2.75) is 44.9 Å². The summed E-state index contributed by atoms with van der Waals surface area (Å²) in [4.78, 5) is 0. The lowest BCUT2D eigenvalue weighted by molar-refractivity contribution is 0.271. The van der Waals surface area contributed by atoms with Crippen LogP contribution >= 0.6 is 11.6 Å². The standard InChI is InChI=1S/C22H25Cl/c1-4-22(14-16(2)13-17(3)15-22)20-9-5-18(6-10-20)19-7-11-21(23)12-8-19/h5-12,17H,2,4,13-15H2,1,3H3. The van der Waals surface area contributed by atoms with E-state index >= 15 is 0 Å². The SMILES string of the molecule is C=C1CC(C)CC(CC)(c2ccc(-c3ccc(Cl)cc3)cc2)C1. The summed E-state index contributed by atoms with van der Waals surface area (Å²) in [7, 11) is 0. The van der Waals surface area contributed by atoms with Crippen molar-refractivity contribution in [1.29, 1.82) is 0 Å². The second-order valence-corrected chi connectivity index (χ2v) is 7.59. The molecule has 0 N–H and O–H groups in total. The zero-order valence-electron chi connectivity index (χ0n) is 14.1. The van der Waals surface area contributed by atoms with Crippen molar-refractivity contribution in [1.82, 2.24) is 0 Å². The van der Waals surface area contributed by atoms with Crippen molar-refractivity contribution in [3.05, 3.63) is 71.3 Å². The molecular weight excluding hydrogens is 300 g/mol. The van der Waals surface area contributed by atoms with Crippen molar-refractivity contribution >= 4 is 11.6 Å². The Balaban J connectivity index is 1.91. The van der Waals surface area contributed by atoms with Crippen molar-refractivity contribution in [3.63, 3.8) is 0 Å². The Labute approximate surface area is 145 Å². The zero-order valence-corrected chi connectivity index (χ0v) is 14.9. The maximum Gasteiger partial charge on any atom is 0.0406 e. The zero-order chi connectivity index (χ0) is 16.4. The molecule has 0 heterocycles. The molecule has 0 spiro atoms. The third kappa shape index (κ3) is 3.38. The van der Waals surface area contributed by atoms with E-state index in [1.54, 1.807) is 0 Å². The summed E-state index contributed by atoms with van der Waals surface area (Å²) >= 11 is 5.98. The van der Waals surface area contributed by atoms with Crippen molar-refractivity contribution in [3.8, 4) is 11.1 Å². The Morgan fingerprint density at radius 1 is 1.04 bits per heavy atom. The highest BCUT2D eigenvalue weighted by Crippen LogP contribution is 2.46. The molecule has 2 atom stereocenters. The van der Waals surface area contributed by atoms with Gasteiger partial charge in [0.2, 0.25) is 0 Å². The third-order valence-corrected chi connectivity index (χ3v) is 5.57. The van der Waals surface area contributed by atoms with Crippen LogP contribution in [0.2, 0.25) is 5.02 Å². The summed E-state index contributed by atoms with van der Waals surface area (Å²) in [5.74, 6) is 0.729. The van der Waals surface area contributed by atoms with Gasteiger partial charge in [-0.3, -0.25) is 0 Å². The Kier molecular flexibility index (Phi) is 4.64. The van der Waals surface area contributed by atoms with Gasteiger partial charge in [0.05, 0.1) is 0 Å². The maximum absolute atomic E-state index is 5.98. The molecule has 120 valence electrons. The molecule has 23 heavy (non-hydrogen) atoms. The van der Waals surface area contributed by atoms with E-state index in [1.165, 1.54) is 41.5 Å². The third-order valence-electron chi connectivity index (χ3n) is 5.32. The molecule has 3 rings (SSSR count). The van der Waals surface area contributed by atoms with Crippen LogP contribution in [0.1, 0.15) is 45.1 Å². The van der Waals surface area contributed by atoms with Crippen LogP contribution in [-0.2, 0) is 5.41 Å². The smallest absolute Gasteiger partial charge is 0.0406 e. The Morgan fingerprint density at radius 3 is 2.13 bits per heavy atom. The number of hydrogen-bond donors (Lipinski definition) is 0. The summed E-state index contributed by atoms with van der Waals surface area (Å²) in [6, 6.07) is 17.2. The van der Waals surface area contributed by atoms with Crippen LogP contribution in [0.3, 0.4) is 0 Å². The van der Waals surface area contributed by atoms with Crippen LogP contribution in [0.25, 0.3) is 11.1 Å². The highest BCUT2D eigenvalue weighted by Gasteiger charge is 2.36. The molecule has 0 aromatic heterocycles. The molecule has 0 aliphatic heterocycles. The first-order valence-corrected chi connectivity index (χ1v) is 8.93. The average molecular weight is 325 g/mol. The highest BCUT2D eigenvalue weighted by atomic mass is 35.5. The van der Waals surface area contributed by atoms with Crippen LogP contribution in [0.4, 0.5) is 0 Å². The minimum Gasteiger partial charge on any atom is -0.0998 e. The summed E-state index contributed by atoms with van der Waals surface area (Å²) < 4.78 is 0. The normalized spacial score (nSPS) is 24.7. The summed E-state index contributed by atoms with van der Waals surface area (Å²) in [6.45, 7) is 8.97. The van der Waals surface area contributed by atoms with Gasteiger partial charge in [-0.15, -0.1) is 0 Å². The monoisotopic (exact) mass is 324 g/mol. The topological polar surface area (TPSA) is 0 Å². The number of hydrogen-bond acceptors (Lipinski definition) is 0. The number of benzene rings is 2. The fourth-order valence-electron chi connectivity index (χ4n) is 4.21. The van der Waals surface area contributed by atoms with E-state index in [2.05, 4.69) is 56.8 Å². The van der Waals surface area contributed by atoms with Crippen molar-refractivity contribution in [2.75, 3.05) is 0 Å². The molecule has 0 bridgehead atoms. The molecule has 1 saturated carbocycles. The lowest BCUT2D eigenvalue weighted by atomic mass is 9.63. The van der Waals surface area contributed by atoms with Crippen LogP contribution in [0.15, 0.2) is 60.7 Å². The van der Waals surface area contributed by atoms with E-state index in [0.29, 0.717) is 0 Å². The van der Waals surface area contributed by atoms with Gasteiger partial charge in [0.25, 0.3) is 0 Å². The van der Waals surface area contributed by atoms with E-state index < -0.39 is 0 Å². The Morgan fingerprint density at radius 2 is 1.61 bits per heavy atom. The predicted molar refractivity (Wildman–Crippen MR) is 101 cm³/mol. The van der Waals surface area contributed by atoms with Crippen LogP contribution in [0, 0.1) is 5.92 Å². The average Bonchev–Trinajstić information content (AvgIpc) is 2.55. The van der Waals surface area contributed by atoms with Gasteiger partial charge in [-0.05, 0) is 65.8 Å². The molecule has 0 saturated heterocycles. The number of rotatable bonds is 3. The minimum atomic E-state index is 0.271. The van der Waals surface area contributed by atoms with Gasteiger partial charge in [-0.25, -0.2) is 0 Å². The van der Waals surface area contributed by atoms with Gasteiger partial charge < -0.3 is 0 Å². The van der Waals surface area contributed by atoms with Gasteiger partial charge in [-0.2, -0.15) is 0 Å². The summed E-state index contributed by atoms with van der Waals surface area (Å²) in [5.41, 5.74) is 5.61. The molecule has 1 fully saturated rings. The molecule has 2 aromatic carbocycles. The second-order valence-electron chi connectivity index (χ2n) is 7.16. The van der Waals surface area contributed by atoms with Crippen molar-refractivity contribution in [2.24, 2.45) is 5.92 Å². The lowest BCUT2D eigenvalue weighted by Gasteiger charge is -2.41. The first-order valence-electron chi connectivity index (χ1n) is 8.55. The van der Waals surface area contributed by atoms with Crippen LogP contribution in [-0.4, -0.2) is 0 Å². The van der Waals surface area contributed by atoms with Crippen molar-refractivity contribution < 1.29 is 0 Å². The van der Waals surface area contributed by atoms with E-state index in [9.17, 15) is 0 Å². The van der Waals surface area contributed by atoms with Gasteiger partial charge in [0.1, 0.15) is 0 Å². The maximum atomic E-state index is 5.98. The van der Waals surface area contributed by atoms with E-state index in [0.717, 1.165) is 17.4 Å². The number of allylic oxidation sites excluding steroid dienone is 1. The molecule has 2 aromatic rings. The molecule has 1 aliphatic carbocycles.